The van der Waals surface area contributed by atoms with Crippen molar-refractivity contribution >= 4 is 31.5 Å². The summed E-state index contributed by atoms with van der Waals surface area (Å²) in [6.45, 7) is -0.577. The van der Waals surface area contributed by atoms with Gasteiger partial charge < -0.3 is 28.7 Å². The Morgan fingerprint density at radius 1 is 0.857 bits per heavy atom. The van der Waals surface area contributed by atoms with Gasteiger partial charge in [0.15, 0.2) is 0 Å². The molecule has 10 heteroatoms. The number of aliphatic hydroxyl groups excluding tert-OH is 2. The van der Waals surface area contributed by atoms with Crippen molar-refractivity contribution in [3.8, 4) is 11.5 Å². The van der Waals surface area contributed by atoms with E-state index in [2.05, 4.69) is 0 Å². The van der Waals surface area contributed by atoms with Gasteiger partial charge in [-0.3, -0.25) is 4.57 Å². The van der Waals surface area contributed by atoms with Crippen LogP contribution in [0.15, 0.2) is 36.4 Å². The average molecular weight is 451 g/mol. The van der Waals surface area contributed by atoms with Crippen molar-refractivity contribution in [1.82, 2.24) is 0 Å². The molecule has 7 nitrogen and oxygen atoms in total. The highest BCUT2D eigenvalue weighted by molar-refractivity contribution is 7.33. The summed E-state index contributed by atoms with van der Waals surface area (Å²) in [4.78, 5) is 0. The predicted molar refractivity (Wildman–Crippen MR) is 107 cm³/mol. The molecule has 2 unspecified atom stereocenters. The van der Waals surface area contributed by atoms with Crippen LogP contribution in [0.25, 0.3) is 0 Å². The minimum atomic E-state index is -2.95. The number of halogens is 2. The lowest BCUT2D eigenvalue weighted by Gasteiger charge is -2.16. The van der Waals surface area contributed by atoms with Crippen LogP contribution in [0.1, 0.15) is 23.3 Å². The van der Waals surface area contributed by atoms with Gasteiger partial charge in [0, 0.05) is 11.1 Å². The molecular weight excluding hydrogens is 430 g/mol. The molecule has 0 saturated carbocycles. The molecular formula is C18H21Cl2O7P. The van der Waals surface area contributed by atoms with Gasteiger partial charge in [0.05, 0.1) is 37.5 Å². The molecule has 0 bridgehead atoms. The van der Waals surface area contributed by atoms with Crippen LogP contribution in [0.5, 0.6) is 11.5 Å². The Kier molecular flexibility index (Phi) is 9.05. The fourth-order valence-corrected chi connectivity index (χ4v) is 3.59. The van der Waals surface area contributed by atoms with Gasteiger partial charge in [-0.1, -0.05) is 35.3 Å². The van der Waals surface area contributed by atoms with Crippen LogP contribution in [0, 0.1) is 0 Å². The van der Waals surface area contributed by atoms with Gasteiger partial charge in [-0.2, -0.15) is 0 Å². The van der Waals surface area contributed by atoms with Gasteiger partial charge in [0.1, 0.15) is 23.7 Å². The van der Waals surface area contributed by atoms with Gasteiger partial charge in [0.2, 0.25) is 0 Å². The summed E-state index contributed by atoms with van der Waals surface area (Å²) < 4.78 is 32.1. The number of benzene rings is 2. The van der Waals surface area contributed by atoms with Crippen LogP contribution in [0.4, 0.5) is 0 Å². The topological polar surface area (TPSA) is 94.5 Å². The Labute approximate surface area is 173 Å². The summed E-state index contributed by atoms with van der Waals surface area (Å²) in [6, 6.07) is 9.55. The largest absolute Gasteiger partial charge is 0.497 e. The minimum Gasteiger partial charge on any atom is -0.497 e. The third-order valence-corrected chi connectivity index (χ3v) is 5.31. The third kappa shape index (κ3) is 6.36. The average Bonchev–Trinajstić information content (AvgIpc) is 2.69. The second-order valence-electron chi connectivity index (χ2n) is 5.68. The summed E-state index contributed by atoms with van der Waals surface area (Å²) in [5.41, 5.74) is 0.810. The first-order valence-corrected chi connectivity index (χ1v) is 10.2. The van der Waals surface area contributed by atoms with E-state index in [9.17, 15) is 14.8 Å². The third-order valence-electron chi connectivity index (χ3n) is 3.85. The van der Waals surface area contributed by atoms with Crippen molar-refractivity contribution in [3.05, 3.63) is 57.6 Å². The van der Waals surface area contributed by atoms with Crippen molar-refractivity contribution in [2.45, 2.75) is 12.2 Å². The summed E-state index contributed by atoms with van der Waals surface area (Å²) in [6.07, 6.45) is -2.20. The van der Waals surface area contributed by atoms with Gasteiger partial charge in [-0.25, -0.2) is 0 Å². The number of ether oxygens (including phenoxy) is 2. The van der Waals surface area contributed by atoms with Gasteiger partial charge >= 0.3 is 8.25 Å². The van der Waals surface area contributed by atoms with E-state index < -0.39 is 20.5 Å². The molecule has 2 rings (SSSR count). The Bertz CT molecular complexity index is 753. The van der Waals surface area contributed by atoms with Crippen LogP contribution in [-0.2, 0) is 13.6 Å². The van der Waals surface area contributed by atoms with Crippen molar-refractivity contribution in [2.24, 2.45) is 0 Å². The molecule has 2 aromatic carbocycles. The lowest BCUT2D eigenvalue weighted by Crippen LogP contribution is -2.08. The molecule has 2 aromatic rings. The predicted octanol–water partition coefficient (Wildman–Crippen LogP) is 4.20. The highest BCUT2D eigenvalue weighted by Crippen LogP contribution is 2.33. The quantitative estimate of drug-likeness (QED) is 0.523. The van der Waals surface area contributed by atoms with E-state index >= 15 is 0 Å². The first-order chi connectivity index (χ1) is 13.3. The van der Waals surface area contributed by atoms with Gasteiger partial charge in [-0.15, -0.1) is 0 Å². The van der Waals surface area contributed by atoms with E-state index in [0.717, 1.165) is 0 Å². The van der Waals surface area contributed by atoms with Crippen LogP contribution in [0.3, 0.4) is 0 Å². The smallest absolute Gasteiger partial charge is 0.319 e. The molecule has 0 amide bonds. The van der Waals surface area contributed by atoms with Crippen LogP contribution < -0.4 is 9.47 Å². The second-order valence-corrected chi connectivity index (χ2v) is 7.57. The molecule has 2 N–H and O–H groups in total. The summed E-state index contributed by atoms with van der Waals surface area (Å²) in [5, 5.41) is 20.9. The number of hydrogen-bond acceptors (Lipinski definition) is 7. The molecule has 0 aliphatic rings. The number of rotatable bonds is 10. The molecule has 0 saturated heterocycles. The molecule has 0 aliphatic carbocycles. The molecule has 0 radical (unpaired) electrons. The molecule has 154 valence electrons. The zero-order valence-electron chi connectivity index (χ0n) is 15.2. The summed E-state index contributed by atoms with van der Waals surface area (Å²) in [5.74, 6) is 1.09. The van der Waals surface area contributed by atoms with E-state index in [-0.39, 0.29) is 13.2 Å². The normalized spacial score (nSPS) is 14.4. The molecule has 2 atom stereocenters. The zero-order valence-corrected chi connectivity index (χ0v) is 17.7. The Morgan fingerprint density at radius 2 is 1.25 bits per heavy atom. The first kappa shape index (κ1) is 23.0. The zero-order chi connectivity index (χ0) is 20.7. The van der Waals surface area contributed by atoms with E-state index in [1.807, 2.05) is 0 Å². The highest BCUT2D eigenvalue weighted by Gasteiger charge is 2.17. The second kappa shape index (κ2) is 11.0. The number of hydrogen-bond donors (Lipinski definition) is 2. The minimum absolute atomic E-state index is 0.288. The lowest BCUT2D eigenvalue weighted by molar-refractivity contribution is 0.0769. The molecule has 0 heterocycles. The fourth-order valence-electron chi connectivity index (χ4n) is 2.33. The highest BCUT2D eigenvalue weighted by atomic mass is 35.5. The maximum absolute atomic E-state index is 11.9. The fraction of sp³-hybridized carbons (Fsp3) is 0.333. The standard InChI is InChI=1S/C18H21Cl2O7P/c1-24-11-3-5-13(15(19)7-11)17(21)9-26-28(23)27-10-18(22)14-6-4-12(25-2)8-16(14)20/h3-8,17-18,21-22,28H,9-10H2,1-2H3. The first-order valence-electron chi connectivity index (χ1n) is 8.18. The van der Waals surface area contributed by atoms with Crippen molar-refractivity contribution in [2.75, 3.05) is 27.4 Å². The Morgan fingerprint density at radius 3 is 1.57 bits per heavy atom. The van der Waals surface area contributed by atoms with Crippen LogP contribution in [0.2, 0.25) is 10.0 Å². The Hall–Kier alpha value is -1.31. The van der Waals surface area contributed by atoms with Crippen molar-refractivity contribution < 1.29 is 33.3 Å². The SMILES string of the molecule is COc1ccc(C(O)CO[PH](=O)OCC(O)c2ccc(OC)cc2Cl)c(Cl)c1. The van der Waals surface area contributed by atoms with E-state index in [0.29, 0.717) is 32.7 Å². The number of aliphatic hydroxyl groups is 2. The number of methoxy groups -OCH3 is 2. The van der Waals surface area contributed by atoms with Crippen LogP contribution >= 0.6 is 31.5 Å². The van der Waals surface area contributed by atoms with Gasteiger partial charge in [-0.05, 0) is 24.3 Å². The molecule has 0 aromatic heterocycles. The molecule has 0 aliphatic heterocycles. The lowest BCUT2D eigenvalue weighted by atomic mass is 10.1. The van der Waals surface area contributed by atoms with E-state index in [1.54, 1.807) is 36.4 Å². The van der Waals surface area contributed by atoms with E-state index in [4.69, 9.17) is 41.7 Å². The van der Waals surface area contributed by atoms with Crippen molar-refractivity contribution in [1.29, 1.82) is 0 Å². The molecule has 0 fully saturated rings. The maximum Gasteiger partial charge on any atom is 0.319 e. The monoisotopic (exact) mass is 450 g/mol. The Balaban J connectivity index is 1.84. The summed E-state index contributed by atoms with van der Waals surface area (Å²) in [7, 11) is 0.0537. The maximum atomic E-state index is 11.9. The molecule has 28 heavy (non-hydrogen) atoms. The van der Waals surface area contributed by atoms with Gasteiger partial charge in [0.25, 0.3) is 0 Å². The van der Waals surface area contributed by atoms with Crippen molar-refractivity contribution in [3.63, 3.8) is 0 Å². The van der Waals surface area contributed by atoms with E-state index in [1.165, 1.54) is 14.2 Å². The van der Waals surface area contributed by atoms with Crippen LogP contribution in [-0.4, -0.2) is 37.6 Å². The summed E-state index contributed by atoms with van der Waals surface area (Å²) >= 11 is 12.1. The molecule has 0 spiro atoms.